The van der Waals surface area contributed by atoms with E-state index < -0.39 is 4.92 Å². The molecule has 7 heteroatoms. The first kappa shape index (κ1) is 15.2. The smallest absolute Gasteiger partial charge is 0.270 e. The van der Waals surface area contributed by atoms with E-state index in [0.29, 0.717) is 22.9 Å². The molecule has 0 aliphatic heterocycles. The fraction of sp³-hybridized carbons (Fsp3) is 0.125. The van der Waals surface area contributed by atoms with Crippen molar-refractivity contribution in [1.29, 1.82) is 0 Å². The highest BCUT2D eigenvalue weighted by Crippen LogP contribution is 2.18. The minimum absolute atomic E-state index is 0.130. The zero-order chi connectivity index (χ0) is 16.6. The fourth-order valence-electron chi connectivity index (χ4n) is 2.44. The van der Waals surface area contributed by atoms with E-state index in [9.17, 15) is 14.9 Å². The van der Waals surface area contributed by atoms with E-state index in [1.54, 1.807) is 25.1 Å². The number of aromatic nitrogens is 2. The van der Waals surface area contributed by atoms with E-state index in [-0.39, 0.29) is 16.6 Å². The maximum Gasteiger partial charge on any atom is 0.270 e. The van der Waals surface area contributed by atoms with Gasteiger partial charge < -0.3 is 0 Å². The molecule has 0 saturated carbocycles. The first-order valence-electron chi connectivity index (χ1n) is 6.86. The second-order valence-electron chi connectivity index (χ2n) is 5.14. The summed E-state index contributed by atoms with van der Waals surface area (Å²) < 4.78 is 1.48. The van der Waals surface area contributed by atoms with Gasteiger partial charge in [-0.2, -0.15) is 0 Å². The number of nitro benzene ring substituents is 1. The maximum atomic E-state index is 12.7. The van der Waals surface area contributed by atoms with Crippen LogP contribution in [0.1, 0.15) is 11.4 Å². The van der Waals surface area contributed by atoms with Gasteiger partial charge in [-0.25, -0.2) is 4.98 Å². The number of non-ortho nitro benzene ring substituents is 1. The van der Waals surface area contributed by atoms with Gasteiger partial charge in [0.05, 0.1) is 22.4 Å². The molecule has 0 amide bonds. The molecule has 3 rings (SSSR count). The molecular weight excluding hydrogens is 318 g/mol. The fourth-order valence-corrected chi connectivity index (χ4v) is 2.65. The summed E-state index contributed by atoms with van der Waals surface area (Å²) in [7, 11) is 0. The molecule has 1 heterocycles. The third kappa shape index (κ3) is 2.93. The molecule has 116 valence electrons. The monoisotopic (exact) mass is 329 g/mol. The molecule has 0 fully saturated rings. The lowest BCUT2D eigenvalue weighted by Crippen LogP contribution is -2.24. The molecule has 0 unspecified atom stereocenters. The van der Waals surface area contributed by atoms with Gasteiger partial charge in [-0.3, -0.25) is 19.5 Å². The van der Waals surface area contributed by atoms with Gasteiger partial charge >= 0.3 is 0 Å². The summed E-state index contributed by atoms with van der Waals surface area (Å²) in [5.74, 6) is 0.538. The molecule has 0 N–H and O–H groups in total. The van der Waals surface area contributed by atoms with Crippen molar-refractivity contribution in [1.82, 2.24) is 9.55 Å². The van der Waals surface area contributed by atoms with Crippen molar-refractivity contribution in [3.63, 3.8) is 0 Å². The lowest BCUT2D eigenvalue weighted by atomic mass is 10.2. The lowest BCUT2D eigenvalue weighted by Gasteiger charge is -2.11. The van der Waals surface area contributed by atoms with Gasteiger partial charge in [-0.05, 0) is 30.7 Å². The number of hydrogen-bond acceptors (Lipinski definition) is 4. The molecule has 6 nitrogen and oxygen atoms in total. The Morgan fingerprint density at radius 3 is 2.74 bits per heavy atom. The Morgan fingerprint density at radius 2 is 2.04 bits per heavy atom. The molecule has 3 aromatic rings. The average molecular weight is 330 g/mol. The van der Waals surface area contributed by atoms with Gasteiger partial charge in [0.15, 0.2) is 0 Å². The summed E-state index contributed by atoms with van der Waals surface area (Å²) >= 11 is 5.96. The maximum absolute atomic E-state index is 12.7. The van der Waals surface area contributed by atoms with Crippen LogP contribution in [-0.4, -0.2) is 14.5 Å². The van der Waals surface area contributed by atoms with Crippen LogP contribution in [0.5, 0.6) is 0 Å². The number of aryl methyl sites for hydroxylation is 1. The van der Waals surface area contributed by atoms with Crippen molar-refractivity contribution in [2.75, 3.05) is 0 Å². The largest absolute Gasteiger partial charge is 0.292 e. The highest BCUT2D eigenvalue weighted by atomic mass is 35.5. The summed E-state index contributed by atoms with van der Waals surface area (Å²) in [5.41, 5.74) is 0.862. The highest BCUT2D eigenvalue weighted by Gasteiger charge is 2.13. The van der Waals surface area contributed by atoms with Crippen LogP contribution in [-0.2, 0) is 6.54 Å². The first-order valence-corrected chi connectivity index (χ1v) is 7.23. The summed E-state index contributed by atoms with van der Waals surface area (Å²) in [6, 6.07) is 11.3. The number of rotatable bonds is 3. The first-order chi connectivity index (χ1) is 11.0. The molecule has 23 heavy (non-hydrogen) atoms. The van der Waals surface area contributed by atoms with E-state index in [4.69, 9.17) is 11.6 Å². The number of halogens is 1. The molecule has 2 aromatic carbocycles. The van der Waals surface area contributed by atoms with Crippen LogP contribution in [0, 0.1) is 17.0 Å². The molecule has 1 aromatic heterocycles. The molecule has 0 atom stereocenters. The van der Waals surface area contributed by atoms with Crippen LogP contribution in [0.25, 0.3) is 10.9 Å². The SMILES string of the molecule is Cc1nc2ccc([N+](=O)[O-])cc2c(=O)n1Cc1cccc(Cl)c1. The number of fused-ring (bicyclic) bond motifs is 1. The van der Waals surface area contributed by atoms with Crippen LogP contribution >= 0.6 is 11.6 Å². The van der Waals surface area contributed by atoms with Crippen LogP contribution in [0.2, 0.25) is 5.02 Å². The topological polar surface area (TPSA) is 78.0 Å². The number of hydrogen-bond donors (Lipinski definition) is 0. The Labute approximate surface area is 136 Å². The number of nitrogens with zero attached hydrogens (tertiary/aromatic N) is 3. The van der Waals surface area contributed by atoms with E-state index in [1.165, 1.54) is 22.8 Å². The normalized spacial score (nSPS) is 10.9. The van der Waals surface area contributed by atoms with Gasteiger partial charge in [0.1, 0.15) is 5.82 Å². The Kier molecular flexibility index (Phi) is 3.83. The second-order valence-corrected chi connectivity index (χ2v) is 5.58. The van der Waals surface area contributed by atoms with Crippen LogP contribution < -0.4 is 5.56 Å². The third-order valence-corrected chi connectivity index (χ3v) is 3.80. The van der Waals surface area contributed by atoms with Gasteiger partial charge in [0.2, 0.25) is 0 Å². The van der Waals surface area contributed by atoms with E-state index >= 15 is 0 Å². The molecule has 0 aliphatic carbocycles. The average Bonchev–Trinajstić information content (AvgIpc) is 2.51. The predicted molar refractivity (Wildman–Crippen MR) is 87.9 cm³/mol. The van der Waals surface area contributed by atoms with Gasteiger partial charge in [0, 0.05) is 17.2 Å². The Balaban J connectivity index is 2.16. The zero-order valence-electron chi connectivity index (χ0n) is 12.2. The van der Waals surface area contributed by atoms with E-state index in [1.807, 2.05) is 6.07 Å². The molecule has 0 radical (unpaired) electrons. The number of benzene rings is 2. The van der Waals surface area contributed by atoms with Gasteiger partial charge in [-0.1, -0.05) is 23.7 Å². The van der Waals surface area contributed by atoms with Crippen molar-refractivity contribution in [2.24, 2.45) is 0 Å². The minimum Gasteiger partial charge on any atom is -0.292 e. The van der Waals surface area contributed by atoms with Gasteiger partial charge in [-0.15, -0.1) is 0 Å². The quantitative estimate of drug-likeness (QED) is 0.545. The summed E-state index contributed by atoms with van der Waals surface area (Å²) in [5, 5.41) is 11.7. The highest BCUT2D eigenvalue weighted by molar-refractivity contribution is 6.30. The van der Waals surface area contributed by atoms with Gasteiger partial charge in [0.25, 0.3) is 11.2 Å². The summed E-state index contributed by atoms with van der Waals surface area (Å²) in [6.45, 7) is 2.03. The standard InChI is InChI=1S/C16H12ClN3O3/c1-10-18-15-6-5-13(20(22)23)8-14(15)16(21)19(10)9-11-3-2-4-12(17)7-11/h2-8H,9H2,1H3. The second kappa shape index (κ2) is 5.81. The van der Waals surface area contributed by atoms with Crippen molar-refractivity contribution in [2.45, 2.75) is 13.5 Å². The van der Waals surface area contributed by atoms with Crippen molar-refractivity contribution >= 4 is 28.2 Å². The van der Waals surface area contributed by atoms with Crippen LogP contribution in [0.3, 0.4) is 0 Å². The molecule has 0 bridgehead atoms. The molecule has 0 saturated heterocycles. The Morgan fingerprint density at radius 1 is 1.26 bits per heavy atom. The van der Waals surface area contributed by atoms with Crippen molar-refractivity contribution < 1.29 is 4.92 Å². The predicted octanol–water partition coefficient (Wildman–Crippen LogP) is 3.31. The Bertz CT molecular complexity index is 982. The zero-order valence-corrected chi connectivity index (χ0v) is 12.9. The van der Waals surface area contributed by atoms with Crippen molar-refractivity contribution in [3.8, 4) is 0 Å². The van der Waals surface area contributed by atoms with Crippen LogP contribution in [0.15, 0.2) is 47.3 Å². The lowest BCUT2D eigenvalue weighted by molar-refractivity contribution is -0.384. The Hall–Kier alpha value is -2.73. The third-order valence-electron chi connectivity index (χ3n) is 3.57. The minimum atomic E-state index is -0.528. The van der Waals surface area contributed by atoms with Crippen molar-refractivity contribution in [3.05, 3.63) is 79.3 Å². The molecule has 0 aliphatic rings. The molecular formula is C16H12ClN3O3. The summed E-state index contributed by atoms with van der Waals surface area (Å²) in [6.07, 6.45) is 0. The van der Waals surface area contributed by atoms with Crippen LogP contribution in [0.4, 0.5) is 5.69 Å². The summed E-state index contributed by atoms with van der Waals surface area (Å²) in [4.78, 5) is 27.4. The number of nitro groups is 1. The van der Waals surface area contributed by atoms with E-state index in [2.05, 4.69) is 4.98 Å². The van der Waals surface area contributed by atoms with E-state index in [0.717, 1.165) is 5.56 Å². The molecule has 0 spiro atoms.